The molecule has 0 bridgehead atoms. The molecule has 1 aromatic carbocycles. The SMILES string of the molecule is CCCC(NC(=O)NCc1ccc(F)cc1)C(=O)N(C)CC(=O)NC1CC1. The summed E-state index contributed by atoms with van der Waals surface area (Å²) in [7, 11) is 1.55. The number of rotatable bonds is 9. The first-order valence-electron chi connectivity index (χ1n) is 9.22. The van der Waals surface area contributed by atoms with Crippen molar-refractivity contribution in [1.29, 1.82) is 0 Å². The maximum atomic E-state index is 12.9. The molecule has 2 rings (SSSR count). The largest absolute Gasteiger partial charge is 0.352 e. The van der Waals surface area contributed by atoms with E-state index in [9.17, 15) is 18.8 Å². The van der Waals surface area contributed by atoms with Gasteiger partial charge in [-0.1, -0.05) is 25.5 Å². The van der Waals surface area contributed by atoms with Crippen molar-refractivity contribution in [3.63, 3.8) is 0 Å². The van der Waals surface area contributed by atoms with E-state index in [1.165, 1.54) is 17.0 Å². The molecule has 148 valence electrons. The summed E-state index contributed by atoms with van der Waals surface area (Å²) < 4.78 is 12.9. The number of benzene rings is 1. The van der Waals surface area contributed by atoms with Crippen LogP contribution in [0.1, 0.15) is 38.2 Å². The molecule has 8 heteroatoms. The lowest BCUT2D eigenvalue weighted by atomic mass is 10.1. The summed E-state index contributed by atoms with van der Waals surface area (Å²) in [4.78, 5) is 37.9. The Bertz CT molecular complexity index is 661. The van der Waals surface area contributed by atoms with Crippen molar-refractivity contribution in [3.8, 4) is 0 Å². The van der Waals surface area contributed by atoms with Gasteiger partial charge in [-0.2, -0.15) is 0 Å². The van der Waals surface area contributed by atoms with Crippen molar-refractivity contribution < 1.29 is 18.8 Å². The van der Waals surface area contributed by atoms with Crippen LogP contribution in [0.5, 0.6) is 0 Å². The van der Waals surface area contributed by atoms with E-state index in [0.717, 1.165) is 18.4 Å². The highest BCUT2D eigenvalue weighted by molar-refractivity contribution is 5.90. The lowest BCUT2D eigenvalue weighted by molar-refractivity contribution is -0.136. The number of hydrogen-bond donors (Lipinski definition) is 3. The predicted molar refractivity (Wildman–Crippen MR) is 99.3 cm³/mol. The van der Waals surface area contributed by atoms with Crippen LogP contribution in [0.4, 0.5) is 9.18 Å². The lowest BCUT2D eigenvalue weighted by Crippen LogP contribution is -2.51. The second-order valence-corrected chi connectivity index (χ2v) is 6.83. The summed E-state index contributed by atoms with van der Waals surface area (Å²) in [5.74, 6) is -0.838. The number of carbonyl (C=O) groups is 3. The third-order valence-corrected chi connectivity index (χ3v) is 4.25. The number of likely N-dealkylation sites (N-methyl/N-ethyl adjacent to an activating group) is 1. The first-order valence-corrected chi connectivity index (χ1v) is 9.22. The van der Waals surface area contributed by atoms with Gasteiger partial charge in [0.15, 0.2) is 0 Å². The van der Waals surface area contributed by atoms with Gasteiger partial charge < -0.3 is 20.9 Å². The molecule has 1 atom stereocenters. The summed E-state index contributed by atoms with van der Waals surface area (Å²) in [6.45, 7) is 2.10. The topological polar surface area (TPSA) is 90.5 Å². The van der Waals surface area contributed by atoms with Gasteiger partial charge in [-0.25, -0.2) is 9.18 Å². The Balaban J connectivity index is 1.82. The Morgan fingerprint density at radius 3 is 2.48 bits per heavy atom. The fourth-order valence-electron chi connectivity index (χ4n) is 2.60. The number of hydrogen-bond acceptors (Lipinski definition) is 3. The zero-order valence-corrected chi connectivity index (χ0v) is 15.8. The molecular formula is C19H27FN4O3. The van der Waals surface area contributed by atoms with E-state index in [2.05, 4.69) is 16.0 Å². The van der Waals surface area contributed by atoms with Crippen molar-refractivity contribution in [2.24, 2.45) is 0 Å². The number of nitrogens with one attached hydrogen (secondary N) is 3. The minimum atomic E-state index is -0.707. The summed E-state index contributed by atoms with van der Waals surface area (Å²) in [6, 6.07) is 4.85. The Kier molecular flexibility index (Phi) is 7.57. The zero-order chi connectivity index (χ0) is 19.8. The number of nitrogens with zero attached hydrogens (tertiary/aromatic N) is 1. The van der Waals surface area contributed by atoms with Crippen LogP contribution < -0.4 is 16.0 Å². The van der Waals surface area contributed by atoms with Gasteiger partial charge in [0.05, 0.1) is 6.54 Å². The van der Waals surface area contributed by atoms with E-state index in [1.54, 1.807) is 19.2 Å². The van der Waals surface area contributed by atoms with Gasteiger partial charge in [0.2, 0.25) is 11.8 Å². The van der Waals surface area contributed by atoms with Crippen LogP contribution >= 0.6 is 0 Å². The summed E-state index contributed by atoms with van der Waals surface area (Å²) in [5, 5.41) is 8.15. The molecule has 1 unspecified atom stereocenters. The van der Waals surface area contributed by atoms with E-state index in [-0.39, 0.29) is 36.8 Å². The van der Waals surface area contributed by atoms with Gasteiger partial charge in [-0.3, -0.25) is 9.59 Å². The molecule has 27 heavy (non-hydrogen) atoms. The van der Waals surface area contributed by atoms with E-state index in [0.29, 0.717) is 12.8 Å². The fraction of sp³-hybridized carbons (Fsp3) is 0.526. The Morgan fingerprint density at radius 2 is 1.89 bits per heavy atom. The molecule has 0 radical (unpaired) electrons. The minimum absolute atomic E-state index is 0.0333. The molecule has 0 aliphatic heterocycles. The van der Waals surface area contributed by atoms with Crippen molar-refractivity contribution in [2.75, 3.05) is 13.6 Å². The maximum absolute atomic E-state index is 12.9. The van der Waals surface area contributed by atoms with Crippen LogP contribution in [0, 0.1) is 5.82 Å². The number of amides is 4. The first-order chi connectivity index (χ1) is 12.9. The molecule has 1 aromatic rings. The molecule has 0 aromatic heterocycles. The smallest absolute Gasteiger partial charge is 0.315 e. The molecule has 3 N–H and O–H groups in total. The van der Waals surface area contributed by atoms with Crippen LogP contribution in [-0.2, 0) is 16.1 Å². The molecular weight excluding hydrogens is 351 g/mol. The van der Waals surface area contributed by atoms with E-state index in [4.69, 9.17) is 0 Å². The Labute approximate surface area is 158 Å². The fourth-order valence-corrected chi connectivity index (χ4v) is 2.60. The molecule has 1 aliphatic rings. The number of carbonyl (C=O) groups excluding carboxylic acids is 3. The van der Waals surface area contributed by atoms with Gasteiger partial charge in [0, 0.05) is 19.6 Å². The average Bonchev–Trinajstić information content (AvgIpc) is 3.44. The van der Waals surface area contributed by atoms with Gasteiger partial charge >= 0.3 is 6.03 Å². The van der Waals surface area contributed by atoms with Gasteiger partial charge in [0.25, 0.3) is 0 Å². The van der Waals surface area contributed by atoms with Crippen LogP contribution in [0.25, 0.3) is 0 Å². The highest BCUT2D eigenvalue weighted by Crippen LogP contribution is 2.18. The molecule has 0 heterocycles. The maximum Gasteiger partial charge on any atom is 0.315 e. The monoisotopic (exact) mass is 378 g/mol. The predicted octanol–water partition coefficient (Wildman–Crippen LogP) is 1.53. The van der Waals surface area contributed by atoms with E-state index >= 15 is 0 Å². The average molecular weight is 378 g/mol. The van der Waals surface area contributed by atoms with Crippen LogP contribution in [0.15, 0.2) is 24.3 Å². The summed E-state index contributed by atoms with van der Waals surface area (Å²) >= 11 is 0. The molecule has 1 saturated carbocycles. The third-order valence-electron chi connectivity index (χ3n) is 4.25. The molecule has 0 spiro atoms. The van der Waals surface area contributed by atoms with Gasteiger partial charge in [-0.15, -0.1) is 0 Å². The van der Waals surface area contributed by atoms with Gasteiger partial charge in [0.1, 0.15) is 11.9 Å². The Morgan fingerprint density at radius 1 is 1.22 bits per heavy atom. The van der Waals surface area contributed by atoms with E-state index < -0.39 is 12.1 Å². The first kappa shape index (κ1) is 20.7. The Hall–Kier alpha value is -2.64. The number of halogens is 1. The quantitative estimate of drug-likeness (QED) is 0.609. The highest BCUT2D eigenvalue weighted by Gasteiger charge is 2.27. The summed E-state index contributed by atoms with van der Waals surface area (Å²) in [5.41, 5.74) is 0.749. The third kappa shape index (κ3) is 7.24. The van der Waals surface area contributed by atoms with Crippen molar-refractivity contribution in [1.82, 2.24) is 20.9 Å². The second-order valence-electron chi connectivity index (χ2n) is 6.83. The van der Waals surface area contributed by atoms with Crippen molar-refractivity contribution in [3.05, 3.63) is 35.6 Å². The van der Waals surface area contributed by atoms with Gasteiger partial charge in [-0.05, 0) is 37.0 Å². The molecule has 7 nitrogen and oxygen atoms in total. The second kappa shape index (κ2) is 9.89. The summed E-state index contributed by atoms with van der Waals surface area (Å²) in [6.07, 6.45) is 3.14. The van der Waals surface area contributed by atoms with Crippen LogP contribution in [-0.4, -0.2) is 48.4 Å². The van der Waals surface area contributed by atoms with Crippen molar-refractivity contribution in [2.45, 2.75) is 51.2 Å². The van der Waals surface area contributed by atoms with Crippen molar-refractivity contribution >= 4 is 17.8 Å². The normalized spacial score (nSPS) is 14.2. The minimum Gasteiger partial charge on any atom is -0.352 e. The van der Waals surface area contributed by atoms with Crippen LogP contribution in [0.2, 0.25) is 0 Å². The number of urea groups is 1. The molecule has 1 fully saturated rings. The van der Waals surface area contributed by atoms with Crippen LogP contribution in [0.3, 0.4) is 0 Å². The zero-order valence-electron chi connectivity index (χ0n) is 15.8. The van der Waals surface area contributed by atoms with E-state index in [1.807, 2.05) is 6.92 Å². The highest BCUT2D eigenvalue weighted by atomic mass is 19.1. The molecule has 4 amide bonds. The lowest BCUT2D eigenvalue weighted by Gasteiger charge is -2.24. The standard InChI is InChI=1S/C19H27FN4O3/c1-3-4-16(18(26)24(2)12-17(25)22-15-9-10-15)23-19(27)21-11-13-5-7-14(20)8-6-13/h5-8,15-16H,3-4,9-12H2,1-2H3,(H,22,25)(H2,21,23,27). The molecule has 0 saturated heterocycles. The molecule has 1 aliphatic carbocycles.